The van der Waals surface area contributed by atoms with E-state index in [1.165, 1.54) is 14.1 Å². The Kier molecular flexibility index (Phi) is 6.68. The minimum Gasteiger partial charge on any atom is -1.00 e. The van der Waals surface area contributed by atoms with E-state index >= 15 is 0 Å². The molecule has 0 aromatic heterocycles. The van der Waals surface area contributed by atoms with Crippen LogP contribution in [-0.4, -0.2) is 30.8 Å². The highest BCUT2D eigenvalue weighted by Gasteiger charge is 2.25. The number of carbonyl (C=O) groups excluding carboxylic acids is 2. The second-order valence-corrected chi connectivity index (χ2v) is 2.48. The first-order chi connectivity index (χ1) is 5.91. The Morgan fingerprint density at radius 2 is 1.36 bits per heavy atom. The molecule has 0 aliphatic heterocycles. The maximum Gasteiger partial charge on any atom is 0.395 e. The molecule has 0 fully saturated rings. The minimum atomic E-state index is -0.679. The second kappa shape index (κ2) is 6.17. The summed E-state index contributed by atoms with van der Waals surface area (Å²) < 4.78 is 0. The predicted molar refractivity (Wildman–Crippen MR) is 44.7 cm³/mol. The number of rotatable bonds is 4. The molecule has 0 amide bonds. The van der Waals surface area contributed by atoms with Gasteiger partial charge in [-0.3, -0.25) is 0 Å². The summed E-state index contributed by atoms with van der Waals surface area (Å²) in [5.74, 6) is -1.36. The lowest BCUT2D eigenvalue weighted by Crippen LogP contribution is -3.00. The van der Waals surface area contributed by atoms with Crippen molar-refractivity contribution in [3.63, 3.8) is 0 Å². The van der Waals surface area contributed by atoms with Gasteiger partial charge in [0.1, 0.15) is 0 Å². The van der Waals surface area contributed by atoms with Gasteiger partial charge in [0, 0.05) is 17.0 Å². The average molecular weight is 222 g/mol. The summed E-state index contributed by atoms with van der Waals surface area (Å²) in [6, 6.07) is 0. The third kappa shape index (κ3) is 6.22. The lowest BCUT2D eigenvalue weighted by molar-refractivity contribution is -1.20. The van der Waals surface area contributed by atoms with Crippen LogP contribution in [0, 0.1) is 0 Å². The summed E-state index contributed by atoms with van der Waals surface area (Å²) in [6.07, 6.45) is 1.95. The first kappa shape index (κ1) is 15.2. The van der Waals surface area contributed by atoms with Gasteiger partial charge in [-0.1, -0.05) is 13.2 Å². The van der Waals surface area contributed by atoms with Gasteiger partial charge in [0.05, 0.1) is 0 Å². The van der Waals surface area contributed by atoms with Crippen molar-refractivity contribution in [2.24, 2.45) is 0 Å². The Labute approximate surface area is 88.5 Å². The zero-order chi connectivity index (χ0) is 10.5. The zero-order valence-electron chi connectivity index (χ0n) is 8.03. The Balaban J connectivity index is 0. The lowest BCUT2D eigenvalue weighted by Gasteiger charge is -2.20. The van der Waals surface area contributed by atoms with Crippen LogP contribution in [0.15, 0.2) is 25.3 Å². The van der Waals surface area contributed by atoms with Crippen molar-refractivity contribution in [2.45, 2.75) is 0 Å². The van der Waals surface area contributed by atoms with Crippen LogP contribution in [0.4, 0.5) is 0 Å². The third-order valence-corrected chi connectivity index (χ3v) is 0.953. The summed E-state index contributed by atoms with van der Waals surface area (Å²) >= 11 is 0. The van der Waals surface area contributed by atoms with Gasteiger partial charge in [-0.25, -0.2) is 19.3 Å². The minimum absolute atomic E-state index is 0. The van der Waals surface area contributed by atoms with Crippen LogP contribution in [0.3, 0.4) is 0 Å². The molecule has 0 atom stereocenters. The molecular weight excluding hydrogens is 210 g/mol. The molecule has 0 aliphatic carbocycles. The largest absolute Gasteiger partial charge is 1.00 e. The van der Waals surface area contributed by atoms with Crippen molar-refractivity contribution in [2.75, 3.05) is 14.1 Å². The van der Waals surface area contributed by atoms with Crippen molar-refractivity contribution in [1.82, 2.24) is 0 Å². The Bertz CT molecular complexity index is 226. The molecule has 0 rings (SSSR count). The fraction of sp³-hybridized carbons (Fsp3) is 0.250. The molecule has 0 saturated heterocycles. The molecule has 80 valence electrons. The quantitative estimate of drug-likeness (QED) is 0.296. The molecule has 6 heteroatoms. The van der Waals surface area contributed by atoms with E-state index in [2.05, 4.69) is 22.8 Å². The predicted octanol–water partition coefficient (Wildman–Crippen LogP) is -2.64. The first-order valence-corrected chi connectivity index (χ1v) is 3.47. The number of hydroxylamine groups is 4. The summed E-state index contributed by atoms with van der Waals surface area (Å²) in [6.45, 7) is 6.40. The van der Waals surface area contributed by atoms with Crippen molar-refractivity contribution in [3.8, 4) is 0 Å². The highest BCUT2D eigenvalue weighted by atomic mass is 35.5. The molecule has 0 spiro atoms. The smallest absolute Gasteiger partial charge is 0.395 e. The fourth-order valence-electron chi connectivity index (χ4n) is 0.527. The lowest BCUT2D eigenvalue weighted by atomic mass is 10.7. The number of quaternary nitrogens is 1. The molecule has 14 heavy (non-hydrogen) atoms. The number of nitrogens with zero attached hydrogens (tertiary/aromatic N) is 1. The Hall–Kier alpha value is -1.33. The molecule has 0 radical (unpaired) electrons. The molecule has 0 unspecified atom stereocenters. The molecule has 0 aromatic rings. The standard InChI is InChI=1S/C8H12NO4.ClH/c1-5-7(10)12-9(3,4)13-8(11)6-2;/h5-6H,1-2H2,3-4H3;1H/q+1;/p-1. The molecule has 0 heterocycles. The monoisotopic (exact) mass is 221 g/mol. The third-order valence-electron chi connectivity index (χ3n) is 0.953. The van der Waals surface area contributed by atoms with Crippen LogP contribution in [0.2, 0.25) is 0 Å². The molecule has 0 bridgehead atoms. The van der Waals surface area contributed by atoms with Gasteiger partial charge < -0.3 is 12.4 Å². The Morgan fingerprint density at radius 3 is 1.57 bits per heavy atom. The first-order valence-electron chi connectivity index (χ1n) is 3.47. The van der Waals surface area contributed by atoms with Gasteiger partial charge >= 0.3 is 11.9 Å². The van der Waals surface area contributed by atoms with E-state index in [-0.39, 0.29) is 12.4 Å². The molecule has 0 saturated carbocycles. The molecule has 0 aromatic carbocycles. The Morgan fingerprint density at radius 1 is 1.07 bits per heavy atom. The van der Waals surface area contributed by atoms with E-state index in [1.807, 2.05) is 0 Å². The molecule has 5 nitrogen and oxygen atoms in total. The molecular formula is C8H12ClNO4. The van der Waals surface area contributed by atoms with Gasteiger partial charge in [0.15, 0.2) is 14.1 Å². The van der Waals surface area contributed by atoms with Gasteiger partial charge in [-0.15, -0.1) is 0 Å². The van der Waals surface area contributed by atoms with Crippen LogP contribution in [0.5, 0.6) is 0 Å². The summed E-state index contributed by atoms with van der Waals surface area (Å²) in [7, 11) is 2.76. The second-order valence-electron chi connectivity index (χ2n) is 2.48. The van der Waals surface area contributed by atoms with Crippen molar-refractivity contribution >= 4 is 11.9 Å². The van der Waals surface area contributed by atoms with E-state index in [1.54, 1.807) is 0 Å². The highest BCUT2D eigenvalue weighted by Crippen LogP contribution is 2.02. The van der Waals surface area contributed by atoms with E-state index in [0.29, 0.717) is 0 Å². The van der Waals surface area contributed by atoms with Gasteiger partial charge in [0.25, 0.3) is 0 Å². The molecule has 0 N–H and O–H groups in total. The number of hydrogen-bond acceptors (Lipinski definition) is 4. The summed E-state index contributed by atoms with van der Waals surface area (Å²) in [5.41, 5.74) is 0. The highest BCUT2D eigenvalue weighted by molar-refractivity contribution is 5.81. The maximum absolute atomic E-state index is 10.7. The topological polar surface area (TPSA) is 52.6 Å². The summed E-state index contributed by atoms with van der Waals surface area (Å²) in [4.78, 5) is 30.1. The van der Waals surface area contributed by atoms with Crippen LogP contribution < -0.4 is 12.4 Å². The van der Waals surface area contributed by atoms with Gasteiger partial charge in [0.2, 0.25) is 0 Å². The number of carbonyl (C=O) groups is 2. The van der Waals surface area contributed by atoms with Crippen molar-refractivity contribution in [3.05, 3.63) is 25.3 Å². The SMILES string of the molecule is C=CC(=O)O[N+](C)(C)OC(=O)C=C.[Cl-]. The zero-order valence-corrected chi connectivity index (χ0v) is 8.78. The van der Waals surface area contributed by atoms with Gasteiger partial charge in [-0.2, -0.15) is 0 Å². The number of hydrogen-bond donors (Lipinski definition) is 0. The number of halogens is 1. The van der Waals surface area contributed by atoms with Crippen molar-refractivity contribution < 1.29 is 36.5 Å². The van der Waals surface area contributed by atoms with E-state index in [0.717, 1.165) is 12.2 Å². The normalized spacial score (nSPS) is 9.29. The van der Waals surface area contributed by atoms with E-state index in [4.69, 9.17) is 0 Å². The maximum atomic E-state index is 10.7. The van der Waals surface area contributed by atoms with Gasteiger partial charge in [-0.05, 0) is 0 Å². The summed E-state index contributed by atoms with van der Waals surface area (Å²) in [5, 5.41) is 0. The fourth-order valence-corrected chi connectivity index (χ4v) is 0.527. The van der Waals surface area contributed by atoms with E-state index in [9.17, 15) is 9.59 Å². The molecule has 0 aliphatic rings. The average Bonchev–Trinajstić information content (AvgIpc) is 2.02. The van der Waals surface area contributed by atoms with Crippen LogP contribution in [0.25, 0.3) is 0 Å². The van der Waals surface area contributed by atoms with Crippen molar-refractivity contribution in [1.29, 1.82) is 0 Å². The van der Waals surface area contributed by atoms with Crippen LogP contribution in [0.1, 0.15) is 0 Å². The van der Waals surface area contributed by atoms with Crippen LogP contribution in [-0.2, 0) is 19.3 Å². The van der Waals surface area contributed by atoms with Crippen LogP contribution >= 0.6 is 0 Å². The van der Waals surface area contributed by atoms with E-state index < -0.39 is 16.7 Å².